The van der Waals surface area contributed by atoms with E-state index in [2.05, 4.69) is 30.3 Å². The maximum absolute atomic E-state index is 12.2. The van der Waals surface area contributed by atoms with Crippen LogP contribution in [0.5, 0.6) is 0 Å². The fraction of sp³-hybridized carbons (Fsp3) is 0.353. The zero-order valence-electron chi connectivity index (χ0n) is 11.1. The number of hydrogen-bond donors (Lipinski definition) is 0. The standard InChI is InChI=1S/C17H19NO/c19-17(18-10-4-1-5-11-18)13-14-8-9-15-6-2-3-7-16(15)12-14/h2-3,6-9,12H,1,4-5,10-11,13H2. The van der Waals surface area contributed by atoms with Crippen LogP contribution in [0.25, 0.3) is 10.8 Å². The van der Waals surface area contributed by atoms with Gasteiger partial charge in [-0.05, 0) is 35.6 Å². The monoisotopic (exact) mass is 253 g/mol. The normalized spacial score (nSPS) is 15.7. The van der Waals surface area contributed by atoms with E-state index in [4.69, 9.17) is 0 Å². The number of carbonyl (C=O) groups excluding carboxylic acids is 1. The average molecular weight is 253 g/mol. The fourth-order valence-corrected chi connectivity index (χ4v) is 2.78. The van der Waals surface area contributed by atoms with E-state index >= 15 is 0 Å². The Morgan fingerprint density at radius 2 is 1.68 bits per heavy atom. The van der Waals surface area contributed by atoms with Crippen molar-refractivity contribution in [2.75, 3.05) is 13.1 Å². The van der Waals surface area contributed by atoms with Gasteiger partial charge in [0.25, 0.3) is 0 Å². The SMILES string of the molecule is O=C(Cc1ccc2ccccc2c1)N1CCCCC1. The third kappa shape index (κ3) is 2.78. The van der Waals surface area contributed by atoms with Gasteiger partial charge in [0.15, 0.2) is 0 Å². The molecule has 98 valence electrons. The van der Waals surface area contributed by atoms with E-state index in [1.54, 1.807) is 0 Å². The summed E-state index contributed by atoms with van der Waals surface area (Å²) in [7, 11) is 0. The van der Waals surface area contributed by atoms with E-state index in [0.717, 1.165) is 31.5 Å². The zero-order chi connectivity index (χ0) is 13.1. The number of benzene rings is 2. The minimum Gasteiger partial charge on any atom is -0.342 e. The molecular weight excluding hydrogens is 234 g/mol. The number of hydrogen-bond acceptors (Lipinski definition) is 1. The van der Waals surface area contributed by atoms with Crippen molar-refractivity contribution in [3.63, 3.8) is 0 Å². The maximum Gasteiger partial charge on any atom is 0.226 e. The van der Waals surface area contributed by atoms with Crippen LogP contribution >= 0.6 is 0 Å². The van der Waals surface area contributed by atoms with Crippen LogP contribution < -0.4 is 0 Å². The van der Waals surface area contributed by atoms with Gasteiger partial charge >= 0.3 is 0 Å². The van der Waals surface area contributed by atoms with Crippen molar-refractivity contribution in [3.8, 4) is 0 Å². The van der Waals surface area contributed by atoms with Crippen LogP contribution in [-0.2, 0) is 11.2 Å². The largest absolute Gasteiger partial charge is 0.342 e. The quantitative estimate of drug-likeness (QED) is 0.803. The molecule has 1 aliphatic heterocycles. The van der Waals surface area contributed by atoms with Gasteiger partial charge in [-0.3, -0.25) is 4.79 Å². The molecule has 2 nitrogen and oxygen atoms in total. The Morgan fingerprint density at radius 1 is 0.947 bits per heavy atom. The summed E-state index contributed by atoms with van der Waals surface area (Å²) in [6.45, 7) is 1.87. The minimum absolute atomic E-state index is 0.273. The lowest BCUT2D eigenvalue weighted by Crippen LogP contribution is -2.36. The van der Waals surface area contributed by atoms with E-state index in [1.165, 1.54) is 17.2 Å². The lowest BCUT2D eigenvalue weighted by molar-refractivity contribution is -0.131. The second kappa shape index (κ2) is 5.43. The van der Waals surface area contributed by atoms with Crippen LogP contribution in [0.4, 0.5) is 0 Å². The summed E-state index contributed by atoms with van der Waals surface area (Å²) in [6.07, 6.45) is 4.11. The molecule has 0 unspecified atom stereocenters. The molecule has 0 spiro atoms. The van der Waals surface area contributed by atoms with Crippen molar-refractivity contribution >= 4 is 16.7 Å². The Hall–Kier alpha value is -1.83. The molecule has 1 fully saturated rings. The first-order chi connectivity index (χ1) is 9.33. The summed E-state index contributed by atoms with van der Waals surface area (Å²) in [5.41, 5.74) is 1.12. The highest BCUT2D eigenvalue weighted by Gasteiger charge is 2.16. The second-order valence-corrected chi connectivity index (χ2v) is 5.30. The van der Waals surface area contributed by atoms with Crippen LogP contribution in [0.15, 0.2) is 42.5 Å². The third-order valence-corrected chi connectivity index (χ3v) is 3.88. The van der Waals surface area contributed by atoms with Gasteiger partial charge in [0.05, 0.1) is 6.42 Å². The molecule has 1 amide bonds. The van der Waals surface area contributed by atoms with Crippen molar-refractivity contribution in [1.29, 1.82) is 0 Å². The maximum atomic E-state index is 12.2. The predicted molar refractivity (Wildman–Crippen MR) is 78.1 cm³/mol. The Labute approximate surface area is 114 Å². The Bertz CT molecular complexity index is 585. The van der Waals surface area contributed by atoms with Crippen molar-refractivity contribution in [3.05, 3.63) is 48.0 Å². The molecular formula is C17H19NO. The van der Waals surface area contributed by atoms with Crippen LogP contribution in [0, 0.1) is 0 Å². The van der Waals surface area contributed by atoms with Crippen LogP contribution in [0.3, 0.4) is 0 Å². The summed E-state index contributed by atoms with van der Waals surface area (Å²) in [4.78, 5) is 14.2. The molecule has 19 heavy (non-hydrogen) atoms. The van der Waals surface area contributed by atoms with Gasteiger partial charge in [-0.15, -0.1) is 0 Å². The van der Waals surface area contributed by atoms with Crippen LogP contribution in [0.2, 0.25) is 0 Å². The topological polar surface area (TPSA) is 20.3 Å². The van der Waals surface area contributed by atoms with E-state index in [1.807, 2.05) is 17.0 Å². The predicted octanol–water partition coefficient (Wildman–Crippen LogP) is 3.39. The Morgan fingerprint density at radius 3 is 2.47 bits per heavy atom. The molecule has 1 saturated heterocycles. The van der Waals surface area contributed by atoms with E-state index < -0.39 is 0 Å². The molecule has 0 saturated carbocycles. The first-order valence-corrected chi connectivity index (χ1v) is 7.08. The molecule has 2 heteroatoms. The third-order valence-electron chi connectivity index (χ3n) is 3.88. The summed E-state index contributed by atoms with van der Waals surface area (Å²) in [5, 5.41) is 2.45. The highest BCUT2D eigenvalue weighted by Crippen LogP contribution is 2.17. The van der Waals surface area contributed by atoms with Gasteiger partial charge in [-0.2, -0.15) is 0 Å². The molecule has 3 rings (SSSR count). The van der Waals surface area contributed by atoms with Gasteiger partial charge in [0.2, 0.25) is 5.91 Å². The second-order valence-electron chi connectivity index (χ2n) is 5.30. The van der Waals surface area contributed by atoms with Crippen LogP contribution in [0.1, 0.15) is 24.8 Å². The highest BCUT2D eigenvalue weighted by molar-refractivity contribution is 5.85. The first kappa shape index (κ1) is 12.2. The number of likely N-dealkylation sites (tertiary alicyclic amines) is 1. The molecule has 0 radical (unpaired) electrons. The van der Waals surface area contributed by atoms with Gasteiger partial charge < -0.3 is 4.90 Å². The van der Waals surface area contributed by atoms with Crippen molar-refractivity contribution in [2.45, 2.75) is 25.7 Å². The number of rotatable bonds is 2. The number of piperidine rings is 1. The Kier molecular flexibility index (Phi) is 3.49. The molecule has 0 aliphatic carbocycles. The fourth-order valence-electron chi connectivity index (χ4n) is 2.78. The van der Waals surface area contributed by atoms with Gasteiger partial charge in [-0.1, -0.05) is 42.5 Å². The summed E-state index contributed by atoms with van der Waals surface area (Å²) >= 11 is 0. The Balaban J connectivity index is 1.75. The number of nitrogens with zero attached hydrogens (tertiary/aromatic N) is 1. The van der Waals surface area contributed by atoms with Crippen molar-refractivity contribution in [2.24, 2.45) is 0 Å². The van der Waals surface area contributed by atoms with E-state index in [0.29, 0.717) is 6.42 Å². The number of amides is 1. The van der Waals surface area contributed by atoms with Gasteiger partial charge in [0, 0.05) is 13.1 Å². The average Bonchev–Trinajstić information content (AvgIpc) is 2.48. The molecule has 0 aromatic heterocycles. The van der Waals surface area contributed by atoms with Crippen molar-refractivity contribution in [1.82, 2.24) is 4.90 Å². The number of fused-ring (bicyclic) bond motifs is 1. The lowest BCUT2D eigenvalue weighted by atomic mass is 10.0. The molecule has 2 aromatic rings. The van der Waals surface area contributed by atoms with Gasteiger partial charge in [0.1, 0.15) is 0 Å². The molecule has 0 atom stereocenters. The summed E-state index contributed by atoms with van der Waals surface area (Å²) in [5.74, 6) is 0.273. The highest BCUT2D eigenvalue weighted by atomic mass is 16.2. The van der Waals surface area contributed by atoms with E-state index in [9.17, 15) is 4.79 Å². The molecule has 1 aliphatic rings. The van der Waals surface area contributed by atoms with E-state index in [-0.39, 0.29) is 5.91 Å². The molecule has 0 bridgehead atoms. The molecule has 1 heterocycles. The molecule has 0 N–H and O–H groups in total. The lowest BCUT2D eigenvalue weighted by Gasteiger charge is -2.26. The van der Waals surface area contributed by atoms with Crippen molar-refractivity contribution < 1.29 is 4.79 Å². The molecule has 2 aromatic carbocycles. The zero-order valence-corrected chi connectivity index (χ0v) is 11.1. The minimum atomic E-state index is 0.273. The smallest absolute Gasteiger partial charge is 0.226 e. The summed E-state index contributed by atoms with van der Waals surface area (Å²) < 4.78 is 0. The first-order valence-electron chi connectivity index (χ1n) is 7.08. The van der Waals surface area contributed by atoms with Gasteiger partial charge in [-0.25, -0.2) is 0 Å². The van der Waals surface area contributed by atoms with Crippen LogP contribution in [-0.4, -0.2) is 23.9 Å². The number of carbonyl (C=O) groups is 1. The summed E-state index contributed by atoms with van der Waals surface area (Å²) in [6, 6.07) is 14.6.